The molecule has 3 rings (SSSR count). The molecule has 1 aliphatic heterocycles. The molecular formula is C21H34Cl4N2O. The molecule has 0 amide bonds. The van der Waals surface area contributed by atoms with Crippen molar-refractivity contribution in [3.63, 3.8) is 0 Å². The van der Waals surface area contributed by atoms with Gasteiger partial charge in [-0.05, 0) is 89.4 Å². The Balaban J connectivity index is 0.00000196. The van der Waals surface area contributed by atoms with Crippen LogP contribution < -0.4 is 0 Å². The SMILES string of the molecule is CN(C)C1CCN(CCC2CCCCC2(O)c2ccc(Cl)c(Cl)c2)CC1.Cl.Cl. The lowest BCUT2D eigenvalue weighted by Crippen LogP contribution is -2.44. The van der Waals surface area contributed by atoms with Gasteiger partial charge in [-0.15, -0.1) is 24.8 Å². The zero-order valence-electron chi connectivity index (χ0n) is 16.9. The predicted octanol–water partition coefficient (Wildman–Crippen LogP) is 5.63. The maximum absolute atomic E-state index is 11.5. The summed E-state index contributed by atoms with van der Waals surface area (Å²) in [6, 6.07) is 6.35. The van der Waals surface area contributed by atoms with Crippen LogP contribution in [0.5, 0.6) is 0 Å². The Morgan fingerprint density at radius 3 is 2.36 bits per heavy atom. The van der Waals surface area contributed by atoms with Gasteiger partial charge < -0.3 is 14.9 Å². The van der Waals surface area contributed by atoms with Gasteiger partial charge in [-0.25, -0.2) is 0 Å². The molecule has 0 spiro atoms. The molecule has 0 aromatic heterocycles. The minimum absolute atomic E-state index is 0. The first kappa shape index (κ1) is 26.3. The Hall–Kier alpha value is 0.260. The molecule has 1 heterocycles. The van der Waals surface area contributed by atoms with Crippen molar-refractivity contribution in [1.82, 2.24) is 9.80 Å². The first-order valence-corrected chi connectivity index (χ1v) is 10.7. The molecule has 2 fully saturated rings. The normalized spacial score (nSPS) is 26.6. The van der Waals surface area contributed by atoms with Crippen molar-refractivity contribution >= 4 is 48.0 Å². The molecule has 2 aliphatic rings. The number of hydrogen-bond acceptors (Lipinski definition) is 3. The summed E-state index contributed by atoms with van der Waals surface area (Å²) in [6.07, 6.45) is 7.72. The number of halogens is 4. The van der Waals surface area contributed by atoms with E-state index in [9.17, 15) is 5.11 Å². The molecule has 162 valence electrons. The van der Waals surface area contributed by atoms with E-state index in [0.717, 1.165) is 37.8 Å². The largest absolute Gasteiger partial charge is 0.385 e. The smallest absolute Gasteiger partial charge is 0.0925 e. The van der Waals surface area contributed by atoms with E-state index < -0.39 is 5.60 Å². The molecule has 3 nitrogen and oxygen atoms in total. The van der Waals surface area contributed by atoms with E-state index in [-0.39, 0.29) is 24.8 Å². The molecular weight excluding hydrogens is 438 g/mol. The van der Waals surface area contributed by atoms with Gasteiger partial charge in [0.05, 0.1) is 15.6 Å². The topological polar surface area (TPSA) is 26.7 Å². The van der Waals surface area contributed by atoms with Crippen molar-refractivity contribution < 1.29 is 5.11 Å². The van der Waals surface area contributed by atoms with Crippen LogP contribution in [-0.4, -0.2) is 54.7 Å². The second-order valence-corrected chi connectivity index (χ2v) is 9.14. The number of hydrogen-bond donors (Lipinski definition) is 1. The van der Waals surface area contributed by atoms with Gasteiger partial charge in [0.2, 0.25) is 0 Å². The molecule has 1 aliphatic carbocycles. The van der Waals surface area contributed by atoms with Crippen LogP contribution in [0.1, 0.15) is 50.5 Å². The molecule has 2 atom stereocenters. The second kappa shape index (κ2) is 11.6. The summed E-state index contributed by atoms with van der Waals surface area (Å²) < 4.78 is 0. The number of piperidine rings is 1. The molecule has 1 aromatic rings. The van der Waals surface area contributed by atoms with Crippen LogP contribution in [0.25, 0.3) is 0 Å². The highest BCUT2D eigenvalue weighted by atomic mass is 35.5. The zero-order chi connectivity index (χ0) is 18.7. The van der Waals surface area contributed by atoms with Gasteiger partial charge in [-0.1, -0.05) is 42.1 Å². The van der Waals surface area contributed by atoms with E-state index in [1.54, 1.807) is 0 Å². The van der Waals surface area contributed by atoms with Crippen molar-refractivity contribution in [3.8, 4) is 0 Å². The first-order chi connectivity index (χ1) is 12.4. The number of rotatable bonds is 5. The van der Waals surface area contributed by atoms with Gasteiger partial charge in [0.1, 0.15) is 0 Å². The zero-order valence-corrected chi connectivity index (χ0v) is 20.0. The molecule has 0 bridgehead atoms. The molecule has 28 heavy (non-hydrogen) atoms. The molecule has 7 heteroatoms. The van der Waals surface area contributed by atoms with E-state index in [0.29, 0.717) is 22.0 Å². The van der Waals surface area contributed by atoms with Crippen LogP contribution in [0.2, 0.25) is 10.0 Å². The first-order valence-electron chi connectivity index (χ1n) is 9.97. The molecule has 1 saturated carbocycles. The molecule has 1 aromatic carbocycles. The Morgan fingerprint density at radius 1 is 1.07 bits per heavy atom. The van der Waals surface area contributed by atoms with Crippen LogP contribution in [0.15, 0.2) is 18.2 Å². The highest BCUT2D eigenvalue weighted by Gasteiger charge is 2.40. The summed E-state index contributed by atoms with van der Waals surface area (Å²) in [5.41, 5.74) is 0.164. The minimum atomic E-state index is -0.769. The van der Waals surface area contributed by atoms with Crippen molar-refractivity contribution in [1.29, 1.82) is 0 Å². The molecule has 1 N–H and O–H groups in total. The van der Waals surface area contributed by atoms with Crippen LogP contribution in [0, 0.1) is 5.92 Å². The average molecular weight is 472 g/mol. The third kappa shape index (κ3) is 6.14. The Labute approximate surface area is 192 Å². The maximum Gasteiger partial charge on any atom is 0.0925 e. The maximum atomic E-state index is 11.5. The molecule has 2 unspecified atom stereocenters. The van der Waals surface area contributed by atoms with Crippen molar-refractivity contribution in [2.75, 3.05) is 33.7 Å². The lowest BCUT2D eigenvalue weighted by atomic mass is 9.70. The van der Waals surface area contributed by atoms with Crippen LogP contribution in [-0.2, 0) is 5.60 Å². The third-order valence-corrected chi connectivity index (χ3v) is 7.28. The van der Waals surface area contributed by atoms with Gasteiger partial charge in [0.25, 0.3) is 0 Å². The number of benzene rings is 1. The molecule has 1 saturated heterocycles. The van der Waals surface area contributed by atoms with Crippen LogP contribution >= 0.6 is 48.0 Å². The summed E-state index contributed by atoms with van der Waals surface area (Å²) in [4.78, 5) is 4.92. The summed E-state index contributed by atoms with van der Waals surface area (Å²) in [5.74, 6) is 0.292. The fraction of sp³-hybridized carbons (Fsp3) is 0.714. The van der Waals surface area contributed by atoms with E-state index >= 15 is 0 Å². The average Bonchev–Trinajstić information content (AvgIpc) is 2.63. The number of aliphatic hydroxyl groups is 1. The lowest BCUT2D eigenvalue weighted by molar-refractivity contribution is -0.0607. The number of likely N-dealkylation sites (tertiary alicyclic amines) is 1. The van der Waals surface area contributed by atoms with Crippen LogP contribution in [0.3, 0.4) is 0 Å². The quantitative estimate of drug-likeness (QED) is 0.602. The van der Waals surface area contributed by atoms with E-state index in [2.05, 4.69) is 23.9 Å². The van der Waals surface area contributed by atoms with E-state index in [1.165, 1.54) is 32.4 Å². The van der Waals surface area contributed by atoms with Crippen molar-refractivity contribution in [2.45, 2.75) is 56.6 Å². The summed E-state index contributed by atoms with van der Waals surface area (Å²) >= 11 is 12.3. The van der Waals surface area contributed by atoms with Gasteiger partial charge in [0.15, 0.2) is 0 Å². The summed E-state index contributed by atoms with van der Waals surface area (Å²) in [5, 5.41) is 12.6. The monoisotopic (exact) mass is 470 g/mol. The molecule has 0 radical (unpaired) electrons. The summed E-state index contributed by atoms with van der Waals surface area (Å²) in [7, 11) is 4.36. The lowest BCUT2D eigenvalue weighted by Gasteiger charge is -2.42. The third-order valence-electron chi connectivity index (χ3n) is 6.54. The second-order valence-electron chi connectivity index (χ2n) is 8.32. The van der Waals surface area contributed by atoms with Gasteiger partial charge in [-0.3, -0.25) is 0 Å². The summed E-state index contributed by atoms with van der Waals surface area (Å²) in [6.45, 7) is 3.41. The minimum Gasteiger partial charge on any atom is -0.385 e. The fourth-order valence-electron chi connectivity index (χ4n) is 4.75. The van der Waals surface area contributed by atoms with E-state index in [1.807, 2.05) is 18.2 Å². The van der Waals surface area contributed by atoms with Crippen molar-refractivity contribution in [2.24, 2.45) is 5.92 Å². The van der Waals surface area contributed by atoms with Gasteiger partial charge in [0, 0.05) is 6.04 Å². The fourth-order valence-corrected chi connectivity index (χ4v) is 5.05. The Bertz CT molecular complexity index is 608. The predicted molar refractivity (Wildman–Crippen MR) is 125 cm³/mol. The van der Waals surface area contributed by atoms with Crippen molar-refractivity contribution in [3.05, 3.63) is 33.8 Å². The standard InChI is InChI=1S/C21H32Cl2N2O.2ClH/c1-24(2)18-9-13-25(14-10-18)12-8-16-5-3-4-11-21(16,26)17-6-7-19(22)20(23)15-17;;/h6-7,15-16,18,26H,3-5,8-14H2,1-2H3;2*1H. The van der Waals surface area contributed by atoms with Crippen LogP contribution in [0.4, 0.5) is 0 Å². The highest BCUT2D eigenvalue weighted by Crippen LogP contribution is 2.44. The van der Waals surface area contributed by atoms with Gasteiger partial charge in [-0.2, -0.15) is 0 Å². The number of nitrogens with zero attached hydrogens (tertiary/aromatic N) is 2. The Kier molecular flexibility index (Phi) is 10.9. The van der Waals surface area contributed by atoms with Gasteiger partial charge >= 0.3 is 0 Å². The highest BCUT2D eigenvalue weighted by molar-refractivity contribution is 6.42. The van der Waals surface area contributed by atoms with E-state index in [4.69, 9.17) is 23.2 Å². The Morgan fingerprint density at radius 2 is 1.75 bits per heavy atom.